The molecule has 1 amide bonds. The molecule has 90 valence electrons. The Morgan fingerprint density at radius 3 is 2.75 bits per heavy atom. The second kappa shape index (κ2) is 5.46. The van der Waals surface area contributed by atoms with E-state index < -0.39 is 0 Å². The molecule has 4 heteroatoms. The molecule has 0 unspecified atom stereocenters. The Kier molecular flexibility index (Phi) is 4.50. The highest BCUT2D eigenvalue weighted by atomic mass is 32.1. The van der Waals surface area contributed by atoms with Crippen molar-refractivity contribution < 1.29 is 9.90 Å². The highest BCUT2D eigenvalue weighted by Gasteiger charge is 2.24. The van der Waals surface area contributed by atoms with Gasteiger partial charge in [-0.15, -0.1) is 11.3 Å². The molecule has 1 heterocycles. The van der Waals surface area contributed by atoms with E-state index in [4.69, 9.17) is 5.11 Å². The van der Waals surface area contributed by atoms with Crippen molar-refractivity contribution in [2.24, 2.45) is 0 Å². The van der Waals surface area contributed by atoms with Crippen LogP contribution in [-0.2, 0) is 10.2 Å². The number of aliphatic hydroxyl groups excluding tert-OH is 1. The highest BCUT2D eigenvalue weighted by molar-refractivity contribution is 7.10. The van der Waals surface area contributed by atoms with E-state index in [1.807, 2.05) is 0 Å². The number of amides is 1. The van der Waals surface area contributed by atoms with Gasteiger partial charge in [0, 0.05) is 23.3 Å². The molecule has 0 spiro atoms. The standard InChI is InChI=1S/C12H19NO2S/c1-9-5-7-16-11(9)12(2,3)8-13-10(15)4-6-14/h5,7,14H,4,6,8H2,1-3H3,(H,13,15). The molecule has 1 rings (SSSR count). The third-order valence-corrected chi connectivity index (χ3v) is 3.93. The van der Waals surface area contributed by atoms with Crippen LogP contribution in [0.1, 0.15) is 30.7 Å². The van der Waals surface area contributed by atoms with E-state index in [9.17, 15) is 4.79 Å². The summed E-state index contributed by atoms with van der Waals surface area (Å²) < 4.78 is 0. The molecule has 0 aliphatic carbocycles. The summed E-state index contributed by atoms with van der Waals surface area (Å²) in [5.41, 5.74) is 1.22. The van der Waals surface area contributed by atoms with Crippen molar-refractivity contribution in [1.29, 1.82) is 0 Å². The van der Waals surface area contributed by atoms with Crippen LogP contribution in [0.2, 0.25) is 0 Å². The number of aliphatic hydroxyl groups is 1. The number of thiophene rings is 1. The predicted molar refractivity (Wildman–Crippen MR) is 66.8 cm³/mol. The van der Waals surface area contributed by atoms with Gasteiger partial charge in [-0.1, -0.05) is 13.8 Å². The van der Waals surface area contributed by atoms with Crippen LogP contribution < -0.4 is 5.32 Å². The van der Waals surface area contributed by atoms with Crippen LogP contribution in [0.15, 0.2) is 11.4 Å². The van der Waals surface area contributed by atoms with Gasteiger partial charge in [0.15, 0.2) is 0 Å². The summed E-state index contributed by atoms with van der Waals surface area (Å²) in [4.78, 5) is 12.6. The van der Waals surface area contributed by atoms with Gasteiger partial charge in [-0.3, -0.25) is 4.79 Å². The van der Waals surface area contributed by atoms with Crippen molar-refractivity contribution in [1.82, 2.24) is 5.32 Å². The molecule has 0 aromatic carbocycles. The van der Waals surface area contributed by atoms with Crippen molar-refractivity contribution in [2.75, 3.05) is 13.2 Å². The van der Waals surface area contributed by atoms with Gasteiger partial charge < -0.3 is 10.4 Å². The van der Waals surface area contributed by atoms with Crippen LogP contribution in [0.25, 0.3) is 0 Å². The second-order valence-corrected chi connectivity index (χ2v) is 5.48. The van der Waals surface area contributed by atoms with Gasteiger partial charge in [-0.2, -0.15) is 0 Å². The minimum atomic E-state index is -0.0930. The molecule has 0 fully saturated rings. The molecular weight excluding hydrogens is 222 g/mol. The normalized spacial score (nSPS) is 11.5. The lowest BCUT2D eigenvalue weighted by molar-refractivity contribution is -0.121. The lowest BCUT2D eigenvalue weighted by atomic mass is 9.89. The average Bonchev–Trinajstić information content (AvgIpc) is 2.63. The van der Waals surface area contributed by atoms with Gasteiger partial charge in [0.25, 0.3) is 0 Å². The Morgan fingerprint density at radius 1 is 1.56 bits per heavy atom. The third kappa shape index (κ3) is 3.32. The van der Waals surface area contributed by atoms with Gasteiger partial charge in [0.1, 0.15) is 0 Å². The number of rotatable bonds is 5. The van der Waals surface area contributed by atoms with E-state index in [1.165, 1.54) is 10.4 Å². The maximum Gasteiger partial charge on any atom is 0.222 e. The zero-order chi connectivity index (χ0) is 12.2. The molecule has 1 aromatic rings. The lowest BCUT2D eigenvalue weighted by Crippen LogP contribution is -2.36. The molecule has 0 bridgehead atoms. The smallest absolute Gasteiger partial charge is 0.222 e. The molecule has 16 heavy (non-hydrogen) atoms. The zero-order valence-electron chi connectivity index (χ0n) is 10.0. The topological polar surface area (TPSA) is 49.3 Å². The summed E-state index contributed by atoms with van der Waals surface area (Å²) in [5, 5.41) is 13.6. The van der Waals surface area contributed by atoms with Crippen molar-refractivity contribution in [3.05, 3.63) is 21.9 Å². The van der Waals surface area contributed by atoms with Crippen molar-refractivity contribution >= 4 is 17.2 Å². The fourth-order valence-electron chi connectivity index (χ4n) is 1.66. The first-order valence-electron chi connectivity index (χ1n) is 5.39. The fraction of sp³-hybridized carbons (Fsp3) is 0.583. The molecule has 2 N–H and O–H groups in total. The van der Waals surface area contributed by atoms with Crippen molar-refractivity contribution in [3.8, 4) is 0 Å². The molecule has 0 aliphatic heterocycles. The second-order valence-electron chi connectivity index (χ2n) is 4.57. The average molecular weight is 241 g/mol. The Bertz CT molecular complexity index is 358. The summed E-state index contributed by atoms with van der Waals surface area (Å²) in [6.45, 7) is 6.83. The molecule has 0 atom stereocenters. The minimum absolute atomic E-state index is 0.0522. The molecule has 3 nitrogen and oxygen atoms in total. The molecule has 1 aromatic heterocycles. The number of carbonyl (C=O) groups is 1. The first kappa shape index (κ1) is 13.2. The van der Waals surface area contributed by atoms with E-state index in [-0.39, 0.29) is 24.3 Å². The van der Waals surface area contributed by atoms with Crippen LogP contribution in [0, 0.1) is 6.92 Å². The van der Waals surface area contributed by atoms with Gasteiger partial charge >= 0.3 is 0 Å². The van der Waals surface area contributed by atoms with Gasteiger partial charge in [0.05, 0.1) is 6.61 Å². The number of aryl methyl sites for hydroxylation is 1. The molecule has 0 radical (unpaired) electrons. The first-order chi connectivity index (χ1) is 7.47. The lowest BCUT2D eigenvalue weighted by Gasteiger charge is -2.24. The monoisotopic (exact) mass is 241 g/mol. The molecule has 0 saturated carbocycles. The van der Waals surface area contributed by atoms with Gasteiger partial charge in [-0.05, 0) is 23.9 Å². The third-order valence-electron chi connectivity index (χ3n) is 2.54. The first-order valence-corrected chi connectivity index (χ1v) is 6.27. The van der Waals surface area contributed by atoms with Crippen LogP contribution in [0.3, 0.4) is 0 Å². The Hall–Kier alpha value is -0.870. The Balaban J connectivity index is 2.59. The summed E-state index contributed by atoms with van der Waals surface area (Å²) in [5.74, 6) is -0.0928. The van der Waals surface area contributed by atoms with Crippen molar-refractivity contribution in [2.45, 2.75) is 32.6 Å². The molecular formula is C12H19NO2S. The van der Waals surface area contributed by atoms with E-state index in [2.05, 4.69) is 37.5 Å². The van der Waals surface area contributed by atoms with Crippen LogP contribution in [-0.4, -0.2) is 24.2 Å². The maximum absolute atomic E-state index is 11.3. The summed E-state index contributed by atoms with van der Waals surface area (Å²) >= 11 is 1.72. The summed E-state index contributed by atoms with van der Waals surface area (Å²) in [7, 11) is 0. The largest absolute Gasteiger partial charge is 0.396 e. The van der Waals surface area contributed by atoms with Crippen molar-refractivity contribution in [3.63, 3.8) is 0 Å². The van der Waals surface area contributed by atoms with E-state index in [0.717, 1.165) is 0 Å². The predicted octanol–water partition coefficient (Wildman–Crippen LogP) is 1.83. The SMILES string of the molecule is Cc1ccsc1C(C)(C)CNC(=O)CCO. The fourth-order valence-corrected chi connectivity index (χ4v) is 2.71. The molecule has 0 saturated heterocycles. The van der Waals surface area contributed by atoms with Crippen LogP contribution in [0.5, 0.6) is 0 Å². The zero-order valence-corrected chi connectivity index (χ0v) is 10.9. The number of hydrogen-bond donors (Lipinski definition) is 2. The minimum Gasteiger partial charge on any atom is -0.396 e. The van der Waals surface area contributed by atoms with Gasteiger partial charge in [-0.25, -0.2) is 0 Å². The molecule has 0 aliphatic rings. The van der Waals surface area contributed by atoms with E-state index in [0.29, 0.717) is 6.54 Å². The Morgan fingerprint density at radius 2 is 2.25 bits per heavy atom. The van der Waals surface area contributed by atoms with Crippen LogP contribution in [0.4, 0.5) is 0 Å². The summed E-state index contributed by atoms with van der Waals surface area (Å²) in [6.07, 6.45) is 0.180. The van der Waals surface area contributed by atoms with E-state index in [1.54, 1.807) is 11.3 Å². The Labute approximate surface area is 100 Å². The number of carbonyl (C=O) groups excluding carboxylic acids is 1. The highest BCUT2D eigenvalue weighted by Crippen LogP contribution is 2.30. The summed E-state index contributed by atoms with van der Waals surface area (Å²) in [6, 6.07) is 2.09. The quantitative estimate of drug-likeness (QED) is 0.826. The van der Waals surface area contributed by atoms with E-state index >= 15 is 0 Å². The van der Waals surface area contributed by atoms with Crippen LogP contribution >= 0.6 is 11.3 Å². The number of hydrogen-bond acceptors (Lipinski definition) is 3. The van der Waals surface area contributed by atoms with Gasteiger partial charge in [0.2, 0.25) is 5.91 Å². The number of nitrogens with one attached hydrogen (secondary N) is 1. The maximum atomic E-state index is 11.3.